The van der Waals surface area contributed by atoms with E-state index in [1.165, 1.54) is 0 Å². The van der Waals surface area contributed by atoms with Gasteiger partial charge in [-0.2, -0.15) is 20.7 Å². The van der Waals surface area contributed by atoms with Crippen molar-refractivity contribution in [3.8, 4) is 12.1 Å². The summed E-state index contributed by atoms with van der Waals surface area (Å²) in [5, 5.41) is 26.3. The Morgan fingerprint density at radius 3 is 1.75 bits per heavy atom. The maximum atomic E-state index is 8.75. The lowest BCUT2D eigenvalue weighted by molar-refractivity contribution is 0.618. The summed E-state index contributed by atoms with van der Waals surface area (Å²) in [5.74, 6) is 0.665. The maximum absolute atomic E-state index is 8.75. The van der Waals surface area contributed by atoms with Crippen LogP contribution in [0, 0.1) is 22.7 Å². The Balaban J connectivity index is 0.000000201. The Morgan fingerprint density at radius 2 is 1.31 bits per heavy atom. The molecule has 2 aromatic heterocycles. The summed E-state index contributed by atoms with van der Waals surface area (Å²) in [5.41, 5.74) is 18.8. The molecule has 36 heavy (non-hydrogen) atoms. The van der Waals surface area contributed by atoms with Gasteiger partial charge in [0.1, 0.15) is 0 Å². The van der Waals surface area contributed by atoms with Crippen LogP contribution in [0.1, 0.15) is 73.2 Å². The highest BCUT2D eigenvalue weighted by Crippen LogP contribution is 2.22. The van der Waals surface area contributed by atoms with Gasteiger partial charge < -0.3 is 11.5 Å². The van der Waals surface area contributed by atoms with E-state index in [2.05, 4.69) is 50.0 Å². The Kier molecular flexibility index (Phi) is 8.48. The summed E-state index contributed by atoms with van der Waals surface area (Å²) in [6.45, 7) is 9.69. The van der Waals surface area contributed by atoms with Crippen LogP contribution in [0.5, 0.6) is 0 Å². The van der Waals surface area contributed by atoms with E-state index >= 15 is 0 Å². The third-order valence-electron chi connectivity index (χ3n) is 5.67. The quantitative estimate of drug-likeness (QED) is 0.398. The van der Waals surface area contributed by atoms with Crippen molar-refractivity contribution in [3.05, 3.63) is 94.6 Å². The molecule has 0 unspecified atom stereocenters. The summed E-state index contributed by atoms with van der Waals surface area (Å²) >= 11 is 0. The second kappa shape index (κ2) is 11.7. The molecular weight excluding hydrogens is 448 g/mol. The van der Waals surface area contributed by atoms with Gasteiger partial charge in [-0.3, -0.25) is 9.36 Å². The Labute approximate surface area is 212 Å². The molecule has 4 N–H and O–H groups in total. The zero-order chi connectivity index (χ0) is 26.2. The van der Waals surface area contributed by atoms with Crippen molar-refractivity contribution >= 4 is 11.4 Å². The van der Waals surface area contributed by atoms with Gasteiger partial charge in [-0.1, -0.05) is 52.0 Å². The number of nitrogens with zero attached hydrogens (tertiary/aromatic N) is 6. The minimum absolute atomic E-state index is 0.326. The lowest BCUT2D eigenvalue weighted by atomic mass is 10.1. The first-order valence-electron chi connectivity index (χ1n) is 11.8. The Morgan fingerprint density at radius 1 is 0.778 bits per heavy atom. The standard InChI is InChI=1S/2C14H16N4/c1-10(2)14-13(16)8-17-18(14)9-12-5-3-11(7-15)4-6-12;1-10(2)14-13(16)9-18(17-14)8-12-5-3-11(7-15)4-6-12/h3-6,8,10H,9,16H2,1-2H3;3-6,9-10H,8,16H2,1-2H3. The molecule has 4 rings (SSSR count). The molecule has 2 aromatic carbocycles. The molecule has 0 aliphatic rings. The Hall–Kier alpha value is -4.56. The molecule has 0 amide bonds. The molecule has 8 heteroatoms. The minimum Gasteiger partial charge on any atom is -0.396 e. The number of nitrogen functional groups attached to an aromatic ring is 2. The van der Waals surface area contributed by atoms with E-state index in [0.29, 0.717) is 36.1 Å². The second-order valence-corrected chi connectivity index (χ2v) is 9.24. The largest absolute Gasteiger partial charge is 0.396 e. The van der Waals surface area contributed by atoms with Crippen molar-refractivity contribution in [1.82, 2.24) is 19.6 Å². The molecule has 0 aliphatic carbocycles. The zero-order valence-electron chi connectivity index (χ0n) is 21.2. The Bertz CT molecular complexity index is 1360. The van der Waals surface area contributed by atoms with E-state index in [9.17, 15) is 0 Å². The van der Waals surface area contributed by atoms with Gasteiger partial charge in [-0.25, -0.2) is 0 Å². The number of aromatic nitrogens is 4. The molecule has 0 aliphatic heterocycles. The van der Waals surface area contributed by atoms with Crippen LogP contribution >= 0.6 is 0 Å². The number of hydrogen-bond donors (Lipinski definition) is 2. The predicted molar refractivity (Wildman–Crippen MR) is 142 cm³/mol. The molecular formula is C28H32N8. The fraction of sp³-hybridized carbons (Fsp3) is 0.286. The normalized spacial score (nSPS) is 10.6. The first-order valence-corrected chi connectivity index (χ1v) is 11.8. The van der Waals surface area contributed by atoms with Crippen molar-refractivity contribution in [1.29, 1.82) is 10.5 Å². The molecule has 2 heterocycles. The van der Waals surface area contributed by atoms with Crippen LogP contribution in [0.3, 0.4) is 0 Å². The SMILES string of the molecule is CC(C)c1c(N)cnn1Cc1ccc(C#N)cc1.CC(C)c1nn(Cc2ccc(C#N)cc2)cc1N. The highest BCUT2D eigenvalue weighted by Gasteiger charge is 2.12. The highest BCUT2D eigenvalue weighted by molar-refractivity contribution is 5.43. The van der Waals surface area contributed by atoms with Crippen LogP contribution < -0.4 is 11.5 Å². The van der Waals surface area contributed by atoms with Gasteiger partial charge in [-0.05, 0) is 47.2 Å². The van der Waals surface area contributed by atoms with Gasteiger partial charge in [0.15, 0.2) is 0 Å². The molecule has 0 saturated carbocycles. The topological polar surface area (TPSA) is 135 Å². The van der Waals surface area contributed by atoms with Gasteiger partial charge >= 0.3 is 0 Å². The number of rotatable bonds is 6. The first kappa shape index (κ1) is 26.1. The summed E-state index contributed by atoms with van der Waals surface area (Å²) in [4.78, 5) is 0. The van der Waals surface area contributed by atoms with Gasteiger partial charge in [0.05, 0.1) is 65.3 Å². The van der Waals surface area contributed by atoms with E-state index in [1.807, 2.05) is 64.1 Å². The van der Waals surface area contributed by atoms with E-state index < -0.39 is 0 Å². The smallest absolute Gasteiger partial charge is 0.0991 e. The van der Waals surface area contributed by atoms with Crippen molar-refractivity contribution in [2.75, 3.05) is 11.5 Å². The fourth-order valence-electron chi connectivity index (χ4n) is 3.88. The van der Waals surface area contributed by atoms with E-state index in [0.717, 1.165) is 33.9 Å². The van der Waals surface area contributed by atoms with E-state index in [4.69, 9.17) is 22.0 Å². The number of benzene rings is 2. The molecule has 0 bridgehead atoms. The lowest BCUT2D eigenvalue weighted by Gasteiger charge is -2.11. The third-order valence-corrected chi connectivity index (χ3v) is 5.67. The zero-order valence-corrected chi connectivity index (χ0v) is 21.2. The van der Waals surface area contributed by atoms with Gasteiger partial charge in [0.2, 0.25) is 0 Å². The van der Waals surface area contributed by atoms with Crippen molar-refractivity contribution in [3.63, 3.8) is 0 Å². The predicted octanol–water partition coefficient (Wildman–Crippen LogP) is 5.02. The lowest BCUT2D eigenvalue weighted by Crippen LogP contribution is -2.08. The molecule has 8 nitrogen and oxygen atoms in total. The van der Waals surface area contributed by atoms with Crippen LogP contribution in [0.15, 0.2) is 60.9 Å². The van der Waals surface area contributed by atoms with Crippen LogP contribution in [-0.4, -0.2) is 19.6 Å². The molecule has 184 valence electrons. The second-order valence-electron chi connectivity index (χ2n) is 9.24. The van der Waals surface area contributed by atoms with E-state index in [-0.39, 0.29) is 0 Å². The van der Waals surface area contributed by atoms with Gasteiger partial charge in [0, 0.05) is 6.20 Å². The average molecular weight is 481 g/mol. The van der Waals surface area contributed by atoms with E-state index in [1.54, 1.807) is 6.20 Å². The summed E-state index contributed by atoms with van der Waals surface area (Å²) in [7, 11) is 0. The maximum Gasteiger partial charge on any atom is 0.0991 e. The summed E-state index contributed by atoms with van der Waals surface area (Å²) in [6, 6.07) is 19.2. The molecule has 0 atom stereocenters. The number of nitriles is 2. The van der Waals surface area contributed by atoms with Crippen molar-refractivity contribution in [2.24, 2.45) is 0 Å². The molecule has 0 radical (unpaired) electrons. The molecule has 0 saturated heterocycles. The average Bonchev–Trinajstić information content (AvgIpc) is 3.42. The van der Waals surface area contributed by atoms with Gasteiger partial charge in [-0.15, -0.1) is 0 Å². The summed E-state index contributed by atoms with van der Waals surface area (Å²) < 4.78 is 3.76. The van der Waals surface area contributed by atoms with Crippen molar-refractivity contribution < 1.29 is 0 Å². The number of nitrogens with two attached hydrogens (primary N) is 2. The highest BCUT2D eigenvalue weighted by atomic mass is 15.3. The van der Waals surface area contributed by atoms with Crippen LogP contribution in [0.2, 0.25) is 0 Å². The number of hydrogen-bond acceptors (Lipinski definition) is 6. The van der Waals surface area contributed by atoms with Gasteiger partial charge in [0.25, 0.3) is 0 Å². The fourth-order valence-corrected chi connectivity index (χ4v) is 3.88. The molecule has 0 spiro atoms. The molecule has 4 aromatic rings. The van der Waals surface area contributed by atoms with Crippen molar-refractivity contribution in [2.45, 2.75) is 52.6 Å². The monoisotopic (exact) mass is 480 g/mol. The third kappa shape index (κ3) is 6.52. The summed E-state index contributed by atoms with van der Waals surface area (Å²) in [6.07, 6.45) is 3.55. The van der Waals surface area contributed by atoms with Crippen LogP contribution in [0.4, 0.5) is 11.4 Å². The van der Waals surface area contributed by atoms with Crippen LogP contribution in [-0.2, 0) is 13.1 Å². The molecule has 0 fully saturated rings. The number of anilines is 2. The minimum atomic E-state index is 0.326. The van der Waals surface area contributed by atoms with Crippen LogP contribution in [0.25, 0.3) is 0 Å². The first-order chi connectivity index (χ1) is 17.2.